The topological polar surface area (TPSA) is 58.2 Å². The second kappa shape index (κ2) is 7.13. The van der Waals surface area contributed by atoms with Gasteiger partial charge in [0.15, 0.2) is 0 Å². The molecule has 3 rings (SSSR count). The van der Waals surface area contributed by atoms with Crippen LogP contribution in [0.5, 0.6) is 0 Å². The molecule has 3 aromatic carbocycles. The zero-order valence-corrected chi connectivity index (χ0v) is 13.6. The molecule has 0 fully saturated rings. The van der Waals surface area contributed by atoms with E-state index in [4.69, 9.17) is 0 Å². The van der Waals surface area contributed by atoms with Crippen molar-refractivity contribution in [1.82, 2.24) is 5.32 Å². The summed E-state index contributed by atoms with van der Waals surface area (Å²) in [7, 11) is 0. The third-order valence-corrected chi connectivity index (χ3v) is 3.96. The van der Waals surface area contributed by atoms with E-state index in [9.17, 15) is 14.0 Å². The van der Waals surface area contributed by atoms with Gasteiger partial charge in [-0.2, -0.15) is 0 Å². The van der Waals surface area contributed by atoms with Gasteiger partial charge >= 0.3 is 11.8 Å². The van der Waals surface area contributed by atoms with E-state index in [0.717, 1.165) is 10.8 Å². The number of hydrogen-bond acceptors (Lipinski definition) is 2. The molecule has 5 heteroatoms. The Kier molecular flexibility index (Phi) is 4.75. The summed E-state index contributed by atoms with van der Waals surface area (Å²) < 4.78 is 13.0. The number of carbonyl (C=O) groups excluding carboxylic acids is 2. The molecule has 0 bridgehead atoms. The largest absolute Gasteiger partial charge is 0.341 e. The first-order valence-electron chi connectivity index (χ1n) is 7.89. The Hall–Kier alpha value is -3.21. The zero-order valence-electron chi connectivity index (χ0n) is 13.6. The third kappa shape index (κ3) is 3.83. The average molecular weight is 336 g/mol. The van der Waals surface area contributed by atoms with Gasteiger partial charge in [0.2, 0.25) is 0 Å². The number of carbonyl (C=O) groups is 2. The predicted octanol–water partition coefficient (Wildman–Crippen LogP) is 3.79. The summed E-state index contributed by atoms with van der Waals surface area (Å²) in [6.45, 7) is 1.73. The summed E-state index contributed by atoms with van der Waals surface area (Å²) in [5.41, 5.74) is 1.29. The number of anilines is 1. The molecule has 0 spiro atoms. The second-order valence-electron chi connectivity index (χ2n) is 5.73. The Balaban J connectivity index is 1.70. The summed E-state index contributed by atoms with van der Waals surface area (Å²) >= 11 is 0. The van der Waals surface area contributed by atoms with Crippen LogP contribution in [0.3, 0.4) is 0 Å². The molecule has 0 aliphatic carbocycles. The minimum absolute atomic E-state index is 0.351. The van der Waals surface area contributed by atoms with E-state index in [1.54, 1.807) is 25.1 Å². The Bertz CT molecular complexity index is 917. The number of nitrogens with one attached hydrogen (secondary N) is 2. The lowest BCUT2D eigenvalue weighted by Crippen LogP contribution is -2.36. The molecule has 1 atom stereocenters. The molecule has 4 nitrogen and oxygen atoms in total. The molecule has 126 valence electrons. The van der Waals surface area contributed by atoms with E-state index in [-0.39, 0.29) is 5.82 Å². The molecule has 0 aromatic heterocycles. The maximum Gasteiger partial charge on any atom is 0.313 e. The Morgan fingerprint density at radius 1 is 0.880 bits per heavy atom. The van der Waals surface area contributed by atoms with Crippen LogP contribution < -0.4 is 10.6 Å². The first-order chi connectivity index (χ1) is 12.0. The number of benzene rings is 3. The quantitative estimate of drug-likeness (QED) is 0.715. The van der Waals surface area contributed by atoms with Gasteiger partial charge in [0.1, 0.15) is 5.82 Å². The van der Waals surface area contributed by atoms with Crippen molar-refractivity contribution in [2.45, 2.75) is 13.0 Å². The maximum atomic E-state index is 13.0. The van der Waals surface area contributed by atoms with Gasteiger partial charge in [-0.1, -0.05) is 48.5 Å². The van der Waals surface area contributed by atoms with Crippen molar-refractivity contribution in [3.8, 4) is 0 Å². The predicted molar refractivity (Wildman–Crippen MR) is 95.5 cm³/mol. The fourth-order valence-corrected chi connectivity index (χ4v) is 2.61. The SMILES string of the molecule is CC(NC(=O)C(=O)Nc1cccc2ccccc12)c1ccc(F)cc1. The molecule has 2 N–H and O–H groups in total. The molecular weight excluding hydrogens is 319 g/mol. The van der Waals surface area contributed by atoms with Crippen molar-refractivity contribution in [2.24, 2.45) is 0 Å². The van der Waals surface area contributed by atoms with E-state index < -0.39 is 17.9 Å². The highest BCUT2D eigenvalue weighted by atomic mass is 19.1. The van der Waals surface area contributed by atoms with Gasteiger partial charge in [-0.15, -0.1) is 0 Å². The normalized spacial score (nSPS) is 11.8. The highest BCUT2D eigenvalue weighted by molar-refractivity contribution is 6.40. The van der Waals surface area contributed by atoms with E-state index in [1.807, 2.05) is 36.4 Å². The fourth-order valence-electron chi connectivity index (χ4n) is 2.61. The number of halogens is 1. The van der Waals surface area contributed by atoms with Gasteiger partial charge in [0.05, 0.1) is 6.04 Å². The molecule has 0 saturated carbocycles. The molecule has 3 aromatic rings. The number of hydrogen-bond donors (Lipinski definition) is 2. The van der Waals surface area contributed by atoms with Crippen molar-refractivity contribution < 1.29 is 14.0 Å². The molecule has 25 heavy (non-hydrogen) atoms. The van der Waals surface area contributed by atoms with Crippen molar-refractivity contribution in [3.63, 3.8) is 0 Å². The Morgan fingerprint density at radius 2 is 1.56 bits per heavy atom. The van der Waals surface area contributed by atoms with Crippen LogP contribution in [0.2, 0.25) is 0 Å². The highest BCUT2D eigenvalue weighted by Crippen LogP contribution is 2.22. The first kappa shape index (κ1) is 16.6. The molecular formula is C20H17FN2O2. The molecule has 0 aliphatic rings. The summed E-state index contributed by atoms with van der Waals surface area (Å²) in [6.07, 6.45) is 0. The second-order valence-corrected chi connectivity index (χ2v) is 5.73. The van der Waals surface area contributed by atoms with Crippen molar-refractivity contribution in [3.05, 3.63) is 78.1 Å². The van der Waals surface area contributed by atoms with Crippen LogP contribution in [0, 0.1) is 5.82 Å². The lowest BCUT2D eigenvalue weighted by atomic mass is 10.1. The van der Waals surface area contributed by atoms with Crippen LogP contribution in [0.25, 0.3) is 10.8 Å². The van der Waals surface area contributed by atoms with Crippen molar-refractivity contribution in [1.29, 1.82) is 0 Å². The molecule has 2 amide bonds. The third-order valence-electron chi connectivity index (χ3n) is 3.96. The highest BCUT2D eigenvalue weighted by Gasteiger charge is 2.18. The monoisotopic (exact) mass is 336 g/mol. The van der Waals surface area contributed by atoms with Crippen LogP contribution in [-0.2, 0) is 9.59 Å². The Morgan fingerprint density at radius 3 is 2.32 bits per heavy atom. The Labute approximate surface area is 144 Å². The van der Waals surface area contributed by atoms with Crippen LogP contribution in [0.1, 0.15) is 18.5 Å². The van der Waals surface area contributed by atoms with Gasteiger partial charge in [0.25, 0.3) is 0 Å². The van der Waals surface area contributed by atoms with Crippen LogP contribution in [0.4, 0.5) is 10.1 Å². The van der Waals surface area contributed by atoms with E-state index >= 15 is 0 Å². The summed E-state index contributed by atoms with van der Waals surface area (Å²) in [5, 5.41) is 7.08. The lowest BCUT2D eigenvalue weighted by molar-refractivity contribution is -0.136. The molecule has 0 saturated heterocycles. The molecule has 0 heterocycles. The molecule has 0 radical (unpaired) electrons. The van der Waals surface area contributed by atoms with Crippen LogP contribution in [0.15, 0.2) is 66.7 Å². The summed E-state index contributed by atoms with van der Waals surface area (Å²) in [5.74, 6) is -1.84. The zero-order chi connectivity index (χ0) is 17.8. The standard InChI is InChI=1S/C20H17FN2O2/c1-13(14-9-11-16(21)12-10-14)22-19(24)20(25)23-18-8-4-6-15-5-2-3-7-17(15)18/h2-13H,1H3,(H,22,24)(H,23,25). The van der Waals surface area contributed by atoms with Crippen molar-refractivity contribution in [2.75, 3.05) is 5.32 Å². The van der Waals surface area contributed by atoms with E-state index in [0.29, 0.717) is 11.3 Å². The van der Waals surface area contributed by atoms with Crippen LogP contribution >= 0.6 is 0 Å². The number of amides is 2. The van der Waals surface area contributed by atoms with E-state index in [2.05, 4.69) is 10.6 Å². The van der Waals surface area contributed by atoms with Gasteiger partial charge in [-0.05, 0) is 36.1 Å². The smallest absolute Gasteiger partial charge is 0.313 e. The summed E-state index contributed by atoms with van der Waals surface area (Å²) in [6, 6.07) is 18.4. The van der Waals surface area contributed by atoms with Gasteiger partial charge in [0, 0.05) is 11.1 Å². The van der Waals surface area contributed by atoms with Gasteiger partial charge in [-0.25, -0.2) is 4.39 Å². The summed E-state index contributed by atoms with van der Waals surface area (Å²) in [4.78, 5) is 24.3. The fraction of sp³-hybridized carbons (Fsp3) is 0.100. The number of fused-ring (bicyclic) bond motifs is 1. The van der Waals surface area contributed by atoms with Crippen LogP contribution in [-0.4, -0.2) is 11.8 Å². The first-order valence-corrected chi connectivity index (χ1v) is 7.89. The minimum Gasteiger partial charge on any atom is -0.341 e. The van der Waals surface area contributed by atoms with Gasteiger partial charge in [-0.3, -0.25) is 9.59 Å². The molecule has 0 aliphatic heterocycles. The molecule has 1 unspecified atom stereocenters. The van der Waals surface area contributed by atoms with Gasteiger partial charge < -0.3 is 10.6 Å². The van der Waals surface area contributed by atoms with Crippen molar-refractivity contribution >= 4 is 28.3 Å². The van der Waals surface area contributed by atoms with E-state index in [1.165, 1.54) is 12.1 Å². The average Bonchev–Trinajstić information content (AvgIpc) is 2.62. The number of rotatable bonds is 3. The maximum absolute atomic E-state index is 13.0. The minimum atomic E-state index is -0.746. The lowest BCUT2D eigenvalue weighted by Gasteiger charge is -2.14.